The van der Waals surface area contributed by atoms with Gasteiger partial charge in [0.25, 0.3) is 11.8 Å². The van der Waals surface area contributed by atoms with Crippen LogP contribution in [-0.4, -0.2) is 76.6 Å². The lowest BCUT2D eigenvalue weighted by atomic mass is 10.1. The molecule has 0 radical (unpaired) electrons. The molecular weight excluding hydrogens is 532 g/mol. The Kier molecular flexibility index (Phi) is 9.25. The summed E-state index contributed by atoms with van der Waals surface area (Å²) >= 11 is 6.06. The second-order valence-corrected chi connectivity index (χ2v) is 9.38. The summed E-state index contributed by atoms with van der Waals surface area (Å²) in [7, 11) is 0. The van der Waals surface area contributed by atoms with Gasteiger partial charge in [-0.2, -0.15) is 0 Å². The minimum absolute atomic E-state index is 0.0953. The Balaban J connectivity index is 1.95. The zero-order valence-corrected chi connectivity index (χ0v) is 21.8. The predicted octanol–water partition coefficient (Wildman–Crippen LogP) is 0.965. The maximum atomic E-state index is 13.7. The number of benzene rings is 1. The van der Waals surface area contributed by atoms with Gasteiger partial charge in [-0.1, -0.05) is 24.3 Å². The number of hydrogen-bond acceptors (Lipinski definition) is 7. The first-order valence-electron chi connectivity index (χ1n) is 11.8. The average molecular weight is 559 g/mol. The van der Waals surface area contributed by atoms with Gasteiger partial charge in [0.2, 0.25) is 11.8 Å². The summed E-state index contributed by atoms with van der Waals surface area (Å²) in [5.74, 6) is -4.09. The molecule has 13 heteroatoms. The van der Waals surface area contributed by atoms with Crippen molar-refractivity contribution in [2.45, 2.75) is 37.7 Å². The Labute approximate surface area is 228 Å². The molecule has 0 spiro atoms. The van der Waals surface area contributed by atoms with E-state index >= 15 is 0 Å². The molecule has 4 N–H and O–H groups in total. The number of anilines is 2. The Hall–Kier alpha value is -4.45. The molecule has 4 amide bonds. The van der Waals surface area contributed by atoms with Crippen molar-refractivity contribution in [3.63, 3.8) is 0 Å². The Morgan fingerprint density at radius 3 is 2.49 bits per heavy atom. The van der Waals surface area contributed by atoms with E-state index < -0.39 is 60.0 Å². The number of rotatable bonds is 8. The number of alkyl halides is 1. The van der Waals surface area contributed by atoms with Crippen LogP contribution in [0.5, 0.6) is 0 Å². The summed E-state index contributed by atoms with van der Waals surface area (Å²) in [5.41, 5.74) is 0.952. The Bertz CT molecular complexity index is 1300. The molecule has 0 saturated carbocycles. The summed E-state index contributed by atoms with van der Waals surface area (Å²) < 4.78 is 0. The van der Waals surface area contributed by atoms with E-state index in [0.29, 0.717) is 11.3 Å². The number of hydrogen-bond donors (Lipinski definition) is 4. The zero-order chi connectivity index (χ0) is 28.9. The molecule has 1 aliphatic carbocycles. The normalized spacial score (nSPS) is 19.8. The lowest BCUT2D eigenvalue weighted by Gasteiger charge is -2.25. The Morgan fingerprint density at radius 1 is 1.21 bits per heavy atom. The van der Waals surface area contributed by atoms with Crippen molar-refractivity contribution in [1.82, 2.24) is 10.6 Å². The number of carboxylic acids is 1. The maximum Gasteiger partial charge on any atom is 0.305 e. The van der Waals surface area contributed by atoms with Gasteiger partial charge in [0.05, 0.1) is 30.4 Å². The standard InChI is InChI=1S/C26H27ClN4O8/c1-14-9-16(7-8-18(27)24(14)37)25(38)29-19-11-30(15(2)33)20-5-3-4-6-21(20)31(26(19)39)12-22(34)28-17(13-32)10-23(35)36/h3-9,13,17-19,37H,10-12H2,1-2H3,(H,28,34)(H,29,38)(H,35,36). The van der Waals surface area contributed by atoms with E-state index in [1.165, 1.54) is 36.1 Å². The monoisotopic (exact) mass is 558 g/mol. The van der Waals surface area contributed by atoms with Crippen molar-refractivity contribution in [1.29, 1.82) is 0 Å². The molecule has 1 aliphatic heterocycles. The average Bonchev–Trinajstić information content (AvgIpc) is 3.08. The third-order valence-electron chi connectivity index (χ3n) is 6.03. The van der Waals surface area contributed by atoms with Crippen LogP contribution in [-0.2, 0) is 28.8 Å². The van der Waals surface area contributed by atoms with Crippen molar-refractivity contribution < 1.29 is 39.0 Å². The summed E-state index contributed by atoms with van der Waals surface area (Å²) in [5, 5.41) is 23.1. The summed E-state index contributed by atoms with van der Waals surface area (Å²) in [6.45, 7) is 1.98. The molecular formula is C26H27ClN4O8. The Morgan fingerprint density at radius 2 is 1.87 bits per heavy atom. The van der Waals surface area contributed by atoms with Crippen LogP contribution in [0.4, 0.5) is 11.4 Å². The van der Waals surface area contributed by atoms with Crippen LogP contribution in [0.2, 0.25) is 0 Å². The molecule has 0 aromatic heterocycles. The summed E-state index contributed by atoms with van der Waals surface area (Å²) in [4.78, 5) is 76.8. The lowest BCUT2D eigenvalue weighted by molar-refractivity contribution is -0.139. The fourth-order valence-corrected chi connectivity index (χ4v) is 4.35. The quantitative estimate of drug-likeness (QED) is 0.270. The smallest absolute Gasteiger partial charge is 0.305 e. The number of carbonyl (C=O) groups is 6. The van der Waals surface area contributed by atoms with Crippen LogP contribution < -0.4 is 20.4 Å². The molecule has 39 heavy (non-hydrogen) atoms. The number of amides is 4. The third-order valence-corrected chi connectivity index (χ3v) is 6.38. The van der Waals surface area contributed by atoms with Crippen LogP contribution in [0, 0.1) is 0 Å². The van der Waals surface area contributed by atoms with Gasteiger partial charge < -0.3 is 30.5 Å². The number of halogens is 1. The number of para-hydroxylation sites is 2. The number of aldehydes is 1. The number of nitrogens with zero attached hydrogens (tertiary/aromatic N) is 2. The van der Waals surface area contributed by atoms with Gasteiger partial charge in [-0.15, -0.1) is 11.6 Å². The minimum atomic E-state index is -1.32. The largest absolute Gasteiger partial charge is 0.510 e. The van der Waals surface area contributed by atoms with Gasteiger partial charge in [-0.25, -0.2) is 0 Å². The molecule has 0 bridgehead atoms. The van der Waals surface area contributed by atoms with Gasteiger partial charge in [0, 0.05) is 12.5 Å². The van der Waals surface area contributed by atoms with Crippen molar-refractivity contribution in [2.24, 2.45) is 0 Å². The second kappa shape index (κ2) is 12.4. The number of aliphatic hydroxyl groups is 1. The lowest BCUT2D eigenvalue weighted by Crippen LogP contribution is -2.54. The van der Waals surface area contributed by atoms with Gasteiger partial charge in [-0.05, 0) is 30.7 Å². The first-order valence-corrected chi connectivity index (χ1v) is 12.3. The number of aliphatic hydroxyl groups excluding tert-OH is 1. The SMILES string of the molecule is CC(=O)N1CC(NC(=O)C2=CC(C)=C(O)C(Cl)C=C2)C(=O)N(CC(=O)NC(C=O)CC(=O)O)c2ccccc21. The topological polar surface area (TPSA) is 173 Å². The van der Waals surface area contributed by atoms with Crippen LogP contribution in [0.1, 0.15) is 20.3 Å². The molecule has 0 saturated heterocycles. The first-order chi connectivity index (χ1) is 18.4. The van der Waals surface area contributed by atoms with Gasteiger partial charge in [0.1, 0.15) is 30.0 Å². The fourth-order valence-electron chi connectivity index (χ4n) is 4.11. The predicted molar refractivity (Wildman–Crippen MR) is 141 cm³/mol. The van der Waals surface area contributed by atoms with E-state index in [9.17, 15) is 33.9 Å². The van der Waals surface area contributed by atoms with E-state index in [4.69, 9.17) is 16.7 Å². The molecule has 3 atom stereocenters. The van der Waals surface area contributed by atoms with Gasteiger partial charge >= 0.3 is 5.97 Å². The molecule has 0 fully saturated rings. The number of fused-ring (bicyclic) bond motifs is 1. The van der Waals surface area contributed by atoms with Crippen LogP contribution in [0.3, 0.4) is 0 Å². The highest BCUT2D eigenvalue weighted by Gasteiger charge is 2.37. The van der Waals surface area contributed by atoms with E-state index in [1.807, 2.05) is 0 Å². The fraction of sp³-hybridized carbons (Fsp3) is 0.308. The van der Waals surface area contributed by atoms with Gasteiger partial charge in [0.15, 0.2) is 0 Å². The summed E-state index contributed by atoms with van der Waals surface area (Å²) in [6, 6.07) is 3.71. The first kappa shape index (κ1) is 29.1. The molecule has 206 valence electrons. The van der Waals surface area contributed by atoms with Crippen molar-refractivity contribution in [2.75, 3.05) is 22.9 Å². The molecule has 1 aromatic carbocycles. The van der Waals surface area contributed by atoms with Crippen LogP contribution >= 0.6 is 11.6 Å². The van der Waals surface area contributed by atoms with Gasteiger partial charge in [-0.3, -0.25) is 28.9 Å². The van der Waals surface area contributed by atoms with E-state index in [-0.39, 0.29) is 29.9 Å². The van der Waals surface area contributed by atoms with Crippen molar-refractivity contribution in [3.8, 4) is 0 Å². The zero-order valence-electron chi connectivity index (χ0n) is 21.1. The van der Waals surface area contributed by atoms with E-state index in [2.05, 4.69) is 10.6 Å². The number of aliphatic carboxylic acids is 1. The van der Waals surface area contributed by atoms with Crippen LogP contribution in [0.25, 0.3) is 0 Å². The van der Waals surface area contributed by atoms with Crippen molar-refractivity contribution in [3.05, 3.63) is 59.4 Å². The highest BCUT2D eigenvalue weighted by Crippen LogP contribution is 2.33. The van der Waals surface area contributed by atoms with E-state index in [0.717, 1.165) is 4.90 Å². The maximum absolute atomic E-state index is 13.7. The third kappa shape index (κ3) is 6.90. The molecule has 1 aromatic rings. The number of allylic oxidation sites excluding steroid dienone is 3. The van der Waals surface area contributed by atoms with Crippen LogP contribution in [0.15, 0.2) is 59.4 Å². The molecule has 1 heterocycles. The minimum Gasteiger partial charge on any atom is -0.510 e. The molecule has 12 nitrogen and oxygen atoms in total. The summed E-state index contributed by atoms with van der Waals surface area (Å²) in [6.07, 6.45) is 3.83. The molecule has 3 rings (SSSR count). The van der Waals surface area contributed by atoms with E-state index in [1.54, 1.807) is 25.1 Å². The molecule has 2 aliphatic rings. The number of carbonyl (C=O) groups excluding carboxylic acids is 5. The molecule has 3 unspecified atom stereocenters. The number of nitrogens with one attached hydrogen (secondary N) is 2. The van der Waals surface area contributed by atoms with Crippen molar-refractivity contribution >= 4 is 58.9 Å². The highest BCUT2D eigenvalue weighted by molar-refractivity contribution is 6.23. The second-order valence-electron chi connectivity index (χ2n) is 8.91. The highest BCUT2D eigenvalue weighted by atomic mass is 35.5. The number of carboxylic acid groups (broad SMARTS) is 1.